The molecule has 0 aliphatic carbocycles. The first-order valence-corrected chi connectivity index (χ1v) is 9.25. The van der Waals surface area contributed by atoms with Crippen molar-refractivity contribution in [3.05, 3.63) is 48.0 Å². The number of hydrogen-bond donors (Lipinski definition) is 1. The molecule has 1 atom stereocenters. The number of nitrogens with one attached hydrogen (secondary N) is 1. The van der Waals surface area contributed by atoms with Gasteiger partial charge in [-0.2, -0.15) is 17.4 Å². The third kappa shape index (κ3) is 3.43. The van der Waals surface area contributed by atoms with Crippen molar-refractivity contribution in [2.75, 3.05) is 20.6 Å². The minimum absolute atomic E-state index is 0.0330. The van der Waals surface area contributed by atoms with E-state index in [2.05, 4.69) is 4.72 Å². The molecule has 2 aromatic rings. The number of likely N-dealkylation sites (tertiary alicyclic amines) is 1. The summed E-state index contributed by atoms with van der Waals surface area (Å²) in [6, 6.07) is 13.7. The molecule has 1 fully saturated rings. The summed E-state index contributed by atoms with van der Waals surface area (Å²) in [5, 5.41) is 2.25. The third-order valence-electron chi connectivity index (χ3n) is 4.25. The van der Waals surface area contributed by atoms with Gasteiger partial charge in [0.15, 0.2) is 0 Å². The Labute approximate surface area is 142 Å². The van der Waals surface area contributed by atoms with Gasteiger partial charge < -0.3 is 4.90 Å². The number of benzene rings is 2. The molecule has 128 valence electrons. The Bertz CT molecular complexity index is 859. The summed E-state index contributed by atoms with van der Waals surface area (Å²) in [6.07, 6.45) is 0.192. The first kappa shape index (κ1) is 16.9. The Morgan fingerprint density at radius 3 is 2.62 bits per heavy atom. The second-order valence-electron chi connectivity index (χ2n) is 6.22. The number of nitrogens with zero attached hydrogens (tertiary/aromatic N) is 2. The van der Waals surface area contributed by atoms with Crippen LogP contribution in [0.2, 0.25) is 0 Å². The molecule has 0 spiro atoms. The Kier molecular flexibility index (Phi) is 4.58. The van der Waals surface area contributed by atoms with Crippen LogP contribution in [0.1, 0.15) is 12.0 Å². The van der Waals surface area contributed by atoms with E-state index in [-0.39, 0.29) is 18.4 Å². The van der Waals surface area contributed by atoms with E-state index >= 15 is 0 Å². The van der Waals surface area contributed by atoms with Crippen molar-refractivity contribution in [1.82, 2.24) is 13.9 Å². The normalized spacial score (nSPS) is 18.7. The van der Waals surface area contributed by atoms with E-state index in [1.807, 2.05) is 42.5 Å². The average molecular weight is 347 g/mol. The fraction of sp³-hybridized carbons (Fsp3) is 0.353. The number of carbonyl (C=O) groups excluding carboxylic acids is 1. The molecule has 1 amide bonds. The summed E-state index contributed by atoms with van der Waals surface area (Å²) in [7, 11) is -0.601. The Hall–Kier alpha value is -1.96. The van der Waals surface area contributed by atoms with Crippen molar-refractivity contribution >= 4 is 26.9 Å². The van der Waals surface area contributed by atoms with Gasteiger partial charge in [-0.15, -0.1) is 0 Å². The summed E-state index contributed by atoms with van der Waals surface area (Å²) in [4.78, 5) is 14.0. The molecule has 1 N–H and O–H groups in total. The molecule has 6 nitrogen and oxygen atoms in total. The molecule has 1 heterocycles. The van der Waals surface area contributed by atoms with Crippen LogP contribution in [-0.2, 0) is 21.5 Å². The zero-order chi connectivity index (χ0) is 17.3. The van der Waals surface area contributed by atoms with Crippen LogP contribution >= 0.6 is 0 Å². The van der Waals surface area contributed by atoms with Crippen LogP contribution in [0.15, 0.2) is 42.5 Å². The van der Waals surface area contributed by atoms with Gasteiger partial charge in [0.2, 0.25) is 5.91 Å². The highest BCUT2D eigenvalue weighted by atomic mass is 32.2. The lowest BCUT2D eigenvalue weighted by Gasteiger charge is -2.19. The molecule has 24 heavy (non-hydrogen) atoms. The van der Waals surface area contributed by atoms with Gasteiger partial charge in [0.25, 0.3) is 10.2 Å². The van der Waals surface area contributed by atoms with Crippen molar-refractivity contribution in [2.24, 2.45) is 0 Å². The van der Waals surface area contributed by atoms with Gasteiger partial charge in [-0.1, -0.05) is 42.5 Å². The number of fused-ring (bicyclic) bond motifs is 1. The Morgan fingerprint density at radius 1 is 1.17 bits per heavy atom. The van der Waals surface area contributed by atoms with Crippen LogP contribution in [0.3, 0.4) is 0 Å². The zero-order valence-corrected chi connectivity index (χ0v) is 14.6. The van der Waals surface area contributed by atoms with Crippen molar-refractivity contribution in [2.45, 2.75) is 19.0 Å². The van der Waals surface area contributed by atoms with Crippen LogP contribution in [0.5, 0.6) is 0 Å². The zero-order valence-electron chi connectivity index (χ0n) is 13.8. The van der Waals surface area contributed by atoms with E-state index in [4.69, 9.17) is 0 Å². The molecule has 0 bridgehead atoms. The number of hydrogen-bond acceptors (Lipinski definition) is 3. The van der Waals surface area contributed by atoms with Crippen LogP contribution in [-0.4, -0.2) is 50.2 Å². The summed E-state index contributed by atoms with van der Waals surface area (Å²) in [6.45, 7) is 0.871. The van der Waals surface area contributed by atoms with E-state index in [9.17, 15) is 13.2 Å². The second kappa shape index (κ2) is 6.51. The molecule has 3 rings (SSSR count). The van der Waals surface area contributed by atoms with Gasteiger partial charge in [0.1, 0.15) is 0 Å². The molecule has 1 saturated heterocycles. The predicted molar refractivity (Wildman–Crippen MR) is 93.5 cm³/mol. The van der Waals surface area contributed by atoms with E-state index in [0.717, 1.165) is 20.6 Å². The largest absolute Gasteiger partial charge is 0.337 e. The number of amides is 1. The van der Waals surface area contributed by atoms with Crippen molar-refractivity contribution < 1.29 is 13.2 Å². The smallest absolute Gasteiger partial charge is 0.279 e. The Morgan fingerprint density at radius 2 is 1.88 bits per heavy atom. The summed E-state index contributed by atoms with van der Waals surface area (Å²) in [5.41, 5.74) is 1.07. The monoisotopic (exact) mass is 347 g/mol. The molecule has 7 heteroatoms. The van der Waals surface area contributed by atoms with Crippen LogP contribution in [0, 0.1) is 0 Å². The minimum atomic E-state index is -3.53. The first-order chi connectivity index (χ1) is 11.4. The van der Waals surface area contributed by atoms with Gasteiger partial charge in [-0.3, -0.25) is 4.79 Å². The number of carbonyl (C=O) groups is 1. The van der Waals surface area contributed by atoms with Gasteiger partial charge in [-0.25, -0.2) is 0 Å². The molecule has 1 aliphatic heterocycles. The molecule has 0 aromatic heterocycles. The first-order valence-electron chi connectivity index (χ1n) is 7.81. The maximum Gasteiger partial charge on any atom is 0.279 e. The number of rotatable bonds is 5. The van der Waals surface area contributed by atoms with Gasteiger partial charge in [-0.05, 0) is 16.3 Å². The fourth-order valence-corrected chi connectivity index (χ4v) is 3.75. The Balaban J connectivity index is 1.75. The standard InChI is InChI=1S/C17H21N3O3S/c1-19(2)24(22,23)18-15-10-17(21)20(12-15)11-14-8-5-7-13-6-3-4-9-16(13)14/h3-9,15,18H,10-12H2,1-2H3. The van der Waals surface area contributed by atoms with E-state index in [0.29, 0.717) is 13.1 Å². The molecule has 0 saturated carbocycles. The predicted octanol–water partition coefficient (Wildman–Crippen LogP) is 1.34. The fourth-order valence-electron chi connectivity index (χ4n) is 2.96. The van der Waals surface area contributed by atoms with Gasteiger partial charge in [0, 0.05) is 39.6 Å². The SMILES string of the molecule is CN(C)S(=O)(=O)NC1CC(=O)N(Cc2cccc3ccccc23)C1. The quantitative estimate of drug-likeness (QED) is 0.887. The summed E-state index contributed by atoms with van der Waals surface area (Å²) >= 11 is 0. The lowest BCUT2D eigenvalue weighted by molar-refractivity contribution is -0.128. The lowest BCUT2D eigenvalue weighted by Crippen LogP contribution is -2.43. The maximum atomic E-state index is 12.3. The second-order valence-corrected chi connectivity index (χ2v) is 8.13. The molecular formula is C17H21N3O3S. The highest BCUT2D eigenvalue weighted by molar-refractivity contribution is 7.87. The summed E-state index contributed by atoms with van der Waals surface area (Å²) < 4.78 is 27.5. The van der Waals surface area contributed by atoms with Crippen molar-refractivity contribution in [3.63, 3.8) is 0 Å². The maximum absolute atomic E-state index is 12.3. The van der Waals surface area contributed by atoms with E-state index in [1.165, 1.54) is 14.1 Å². The van der Waals surface area contributed by atoms with Gasteiger partial charge >= 0.3 is 0 Å². The van der Waals surface area contributed by atoms with Crippen LogP contribution in [0.25, 0.3) is 10.8 Å². The molecule has 1 unspecified atom stereocenters. The van der Waals surface area contributed by atoms with Gasteiger partial charge in [0.05, 0.1) is 0 Å². The van der Waals surface area contributed by atoms with Crippen molar-refractivity contribution in [3.8, 4) is 0 Å². The van der Waals surface area contributed by atoms with E-state index < -0.39 is 10.2 Å². The summed E-state index contributed by atoms with van der Waals surface area (Å²) in [5.74, 6) is -0.0330. The molecule has 0 radical (unpaired) electrons. The highest BCUT2D eigenvalue weighted by Crippen LogP contribution is 2.22. The van der Waals surface area contributed by atoms with E-state index in [1.54, 1.807) is 4.90 Å². The molecular weight excluding hydrogens is 326 g/mol. The van der Waals surface area contributed by atoms with Crippen molar-refractivity contribution in [1.29, 1.82) is 0 Å². The molecule has 2 aromatic carbocycles. The topological polar surface area (TPSA) is 69.7 Å². The van der Waals surface area contributed by atoms with Crippen LogP contribution < -0.4 is 4.72 Å². The lowest BCUT2D eigenvalue weighted by atomic mass is 10.0. The molecule has 1 aliphatic rings. The minimum Gasteiger partial charge on any atom is -0.337 e. The third-order valence-corrected chi connectivity index (χ3v) is 5.84. The highest BCUT2D eigenvalue weighted by Gasteiger charge is 2.32. The van der Waals surface area contributed by atoms with Crippen LogP contribution in [0.4, 0.5) is 0 Å². The average Bonchev–Trinajstić information content (AvgIpc) is 2.86.